The lowest BCUT2D eigenvalue weighted by Crippen LogP contribution is -2.27. The monoisotopic (exact) mass is 285 g/mol. The van der Waals surface area contributed by atoms with Gasteiger partial charge in [-0.15, -0.1) is 0 Å². The van der Waals surface area contributed by atoms with Gasteiger partial charge in [0.2, 0.25) is 5.95 Å². The Morgan fingerprint density at radius 1 is 1.29 bits per heavy atom. The SMILES string of the molecule is COc1ccc(Nc2nccc(N3CC[C@H](N)C3)n2)cc1. The van der Waals surface area contributed by atoms with E-state index >= 15 is 0 Å². The third-order valence-electron chi connectivity index (χ3n) is 3.54. The molecular weight excluding hydrogens is 266 g/mol. The molecule has 1 atom stereocenters. The number of ether oxygens (including phenoxy) is 1. The minimum atomic E-state index is 0.234. The Morgan fingerprint density at radius 2 is 2.10 bits per heavy atom. The molecular formula is C15H19N5O. The van der Waals surface area contributed by atoms with Crippen LogP contribution in [0, 0.1) is 0 Å². The second-order valence-electron chi connectivity index (χ2n) is 5.09. The van der Waals surface area contributed by atoms with E-state index in [0.717, 1.165) is 36.8 Å². The third-order valence-corrected chi connectivity index (χ3v) is 3.54. The van der Waals surface area contributed by atoms with E-state index in [9.17, 15) is 0 Å². The normalized spacial score (nSPS) is 17.8. The standard InChI is InChI=1S/C15H19N5O/c1-21-13-4-2-12(3-5-13)18-15-17-8-6-14(19-15)20-9-7-11(16)10-20/h2-6,8,11H,7,9-10,16H2,1H3,(H,17,18,19)/t11-/m0/s1. The van der Waals surface area contributed by atoms with Crippen LogP contribution in [-0.2, 0) is 0 Å². The molecule has 3 N–H and O–H groups in total. The van der Waals surface area contributed by atoms with E-state index in [1.807, 2.05) is 30.3 Å². The van der Waals surface area contributed by atoms with Crippen molar-refractivity contribution in [2.45, 2.75) is 12.5 Å². The molecule has 0 unspecified atom stereocenters. The van der Waals surface area contributed by atoms with Crippen LogP contribution in [-0.4, -0.2) is 36.2 Å². The fourth-order valence-electron chi connectivity index (χ4n) is 2.38. The van der Waals surface area contributed by atoms with Crippen molar-refractivity contribution < 1.29 is 4.74 Å². The van der Waals surface area contributed by atoms with E-state index in [2.05, 4.69) is 20.2 Å². The fraction of sp³-hybridized carbons (Fsp3) is 0.333. The number of hydrogen-bond acceptors (Lipinski definition) is 6. The Kier molecular flexibility index (Phi) is 3.87. The molecule has 0 spiro atoms. The molecule has 0 aliphatic carbocycles. The second kappa shape index (κ2) is 5.97. The number of methoxy groups -OCH3 is 1. The van der Waals surface area contributed by atoms with Crippen molar-refractivity contribution in [1.82, 2.24) is 9.97 Å². The third kappa shape index (κ3) is 3.22. The number of hydrogen-bond donors (Lipinski definition) is 2. The van der Waals surface area contributed by atoms with Gasteiger partial charge in [0.15, 0.2) is 0 Å². The van der Waals surface area contributed by atoms with Crippen LogP contribution in [0.2, 0.25) is 0 Å². The Labute approximate surface area is 124 Å². The summed E-state index contributed by atoms with van der Waals surface area (Å²) in [5.74, 6) is 2.31. The second-order valence-corrected chi connectivity index (χ2v) is 5.09. The molecule has 1 saturated heterocycles. The summed E-state index contributed by atoms with van der Waals surface area (Å²) in [6, 6.07) is 9.80. The van der Waals surface area contributed by atoms with Gasteiger partial charge in [0.25, 0.3) is 0 Å². The molecule has 110 valence electrons. The van der Waals surface area contributed by atoms with Crippen molar-refractivity contribution in [3.63, 3.8) is 0 Å². The van der Waals surface area contributed by atoms with Crippen molar-refractivity contribution in [3.8, 4) is 5.75 Å². The summed E-state index contributed by atoms with van der Waals surface area (Å²) >= 11 is 0. The Hall–Kier alpha value is -2.34. The van der Waals surface area contributed by atoms with Crippen LogP contribution in [0.25, 0.3) is 0 Å². The molecule has 0 radical (unpaired) electrons. The number of nitrogens with zero attached hydrogens (tertiary/aromatic N) is 3. The molecule has 6 nitrogen and oxygen atoms in total. The number of nitrogens with two attached hydrogens (primary N) is 1. The highest BCUT2D eigenvalue weighted by atomic mass is 16.5. The largest absolute Gasteiger partial charge is 0.497 e. The summed E-state index contributed by atoms with van der Waals surface area (Å²) in [6.45, 7) is 1.79. The molecule has 1 aliphatic heterocycles. The Balaban J connectivity index is 1.73. The Bertz CT molecular complexity index is 601. The van der Waals surface area contributed by atoms with Gasteiger partial charge in [-0.1, -0.05) is 0 Å². The number of benzene rings is 1. The predicted molar refractivity (Wildman–Crippen MR) is 83.1 cm³/mol. The van der Waals surface area contributed by atoms with Crippen molar-refractivity contribution in [2.24, 2.45) is 5.73 Å². The van der Waals surface area contributed by atoms with E-state index in [1.165, 1.54) is 0 Å². The molecule has 1 aliphatic rings. The van der Waals surface area contributed by atoms with Crippen molar-refractivity contribution >= 4 is 17.5 Å². The van der Waals surface area contributed by atoms with Gasteiger partial charge in [-0.3, -0.25) is 0 Å². The summed E-state index contributed by atoms with van der Waals surface area (Å²) in [7, 11) is 1.65. The van der Waals surface area contributed by atoms with E-state index in [0.29, 0.717) is 5.95 Å². The molecule has 6 heteroatoms. The van der Waals surface area contributed by atoms with Crippen molar-refractivity contribution in [2.75, 3.05) is 30.4 Å². The lowest BCUT2D eigenvalue weighted by Gasteiger charge is -2.17. The van der Waals surface area contributed by atoms with E-state index in [4.69, 9.17) is 10.5 Å². The van der Waals surface area contributed by atoms with Gasteiger partial charge in [-0.05, 0) is 36.8 Å². The van der Waals surface area contributed by atoms with E-state index in [1.54, 1.807) is 13.3 Å². The number of aromatic nitrogens is 2. The van der Waals surface area contributed by atoms with Crippen LogP contribution in [0.15, 0.2) is 36.5 Å². The molecule has 21 heavy (non-hydrogen) atoms. The number of nitrogens with one attached hydrogen (secondary N) is 1. The average Bonchev–Trinajstić information content (AvgIpc) is 2.95. The minimum Gasteiger partial charge on any atom is -0.497 e. The summed E-state index contributed by atoms with van der Waals surface area (Å²) in [5.41, 5.74) is 6.86. The summed E-state index contributed by atoms with van der Waals surface area (Å²) in [4.78, 5) is 11.0. The van der Waals surface area contributed by atoms with E-state index < -0.39 is 0 Å². The fourth-order valence-corrected chi connectivity index (χ4v) is 2.38. The molecule has 0 amide bonds. The van der Waals surface area contributed by atoms with Gasteiger partial charge in [0.1, 0.15) is 11.6 Å². The molecule has 0 saturated carbocycles. The first-order valence-corrected chi connectivity index (χ1v) is 6.99. The predicted octanol–water partition coefficient (Wildman–Crippen LogP) is 1.77. The van der Waals surface area contributed by atoms with Gasteiger partial charge < -0.3 is 20.7 Å². The number of rotatable bonds is 4. The summed E-state index contributed by atoms with van der Waals surface area (Å²) in [5, 5.41) is 3.19. The molecule has 0 bridgehead atoms. The maximum absolute atomic E-state index is 5.94. The van der Waals surface area contributed by atoms with Crippen molar-refractivity contribution in [1.29, 1.82) is 0 Å². The van der Waals surface area contributed by atoms with Crippen LogP contribution in [0.1, 0.15) is 6.42 Å². The van der Waals surface area contributed by atoms with Gasteiger partial charge in [-0.25, -0.2) is 4.98 Å². The van der Waals surface area contributed by atoms with Gasteiger partial charge in [-0.2, -0.15) is 4.98 Å². The number of anilines is 3. The highest BCUT2D eigenvalue weighted by Crippen LogP contribution is 2.21. The smallest absolute Gasteiger partial charge is 0.229 e. The molecule has 1 aromatic carbocycles. The summed E-state index contributed by atoms with van der Waals surface area (Å²) in [6.07, 6.45) is 2.77. The van der Waals surface area contributed by atoms with Crippen molar-refractivity contribution in [3.05, 3.63) is 36.5 Å². The maximum atomic E-state index is 5.94. The lowest BCUT2D eigenvalue weighted by molar-refractivity contribution is 0.415. The zero-order valence-corrected chi connectivity index (χ0v) is 12.0. The van der Waals surface area contributed by atoms with Gasteiger partial charge in [0.05, 0.1) is 7.11 Å². The average molecular weight is 285 g/mol. The minimum absolute atomic E-state index is 0.234. The first-order valence-electron chi connectivity index (χ1n) is 6.99. The molecule has 2 aromatic rings. The topological polar surface area (TPSA) is 76.3 Å². The van der Waals surface area contributed by atoms with Crippen LogP contribution >= 0.6 is 0 Å². The van der Waals surface area contributed by atoms with Crippen LogP contribution in [0.3, 0.4) is 0 Å². The molecule has 2 heterocycles. The quantitative estimate of drug-likeness (QED) is 0.891. The zero-order valence-electron chi connectivity index (χ0n) is 12.0. The van der Waals surface area contributed by atoms with Crippen LogP contribution in [0.5, 0.6) is 5.75 Å². The van der Waals surface area contributed by atoms with E-state index in [-0.39, 0.29) is 6.04 Å². The zero-order chi connectivity index (χ0) is 14.7. The highest BCUT2D eigenvalue weighted by molar-refractivity contribution is 5.56. The van der Waals surface area contributed by atoms with Crippen LogP contribution < -0.4 is 20.7 Å². The first kappa shape index (κ1) is 13.6. The molecule has 1 fully saturated rings. The lowest BCUT2D eigenvalue weighted by atomic mass is 10.3. The summed E-state index contributed by atoms with van der Waals surface area (Å²) < 4.78 is 5.14. The van der Waals surface area contributed by atoms with Gasteiger partial charge in [0, 0.05) is 31.0 Å². The van der Waals surface area contributed by atoms with Gasteiger partial charge >= 0.3 is 0 Å². The van der Waals surface area contributed by atoms with Crippen LogP contribution in [0.4, 0.5) is 17.5 Å². The Morgan fingerprint density at radius 3 is 2.76 bits per heavy atom. The molecule has 3 rings (SSSR count). The molecule has 1 aromatic heterocycles. The maximum Gasteiger partial charge on any atom is 0.229 e. The highest BCUT2D eigenvalue weighted by Gasteiger charge is 2.20. The first-order chi connectivity index (χ1) is 10.2.